The van der Waals surface area contributed by atoms with E-state index in [9.17, 15) is 19.6 Å². The van der Waals surface area contributed by atoms with E-state index in [0.29, 0.717) is 29.1 Å². The number of hydrogen-bond acceptors (Lipinski definition) is 7. The Morgan fingerprint density at radius 2 is 2.00 bits per heavy atom. The molecule has 10 nitrogen and oxygen atoms in total. The van der Waals surface area contributed by atoms with Crippen molar-refractivity contribution in [1.82, 2.24) is 25.4 Å². The zero-order chi connectivity index (χ0) is 29.2. The molecule has 0 bridgehead atoms. The van der Waals surface area contributed by atoms with Crippen LogP contribution in [0, 0.1) is 30.6 Å². The van der Waals surface area contributed by atoms with E-state index in [1.165, 1.54) is 12.3 Å². The molecule has 40 heavy (non-hydrogen) atoms. The molecule has 11 heteroatoms. The molecule has 2 N–H and O–H groups in total. The SMILES string of the molecule is Cc1cc(Oc2ncc(C(=O)N[C@H](C)C(=O)N3[C@H](c4cccc(Cl)c4)CC[C@@H]3C(C)(C)C#N)cc2C)c(=O)[nH]n1. The van der Waals surface area contributed by atoms with Gasteiger partial charge in [0, 0.05) is 22.8 Å². The highest BCUT2D eigenvalue weighted by Gasteiger charge is 2.46. The predicted molar refractivity (Wildman–Crippen MR) is 149 cm³/mol. The molecule has 1 saturated heterocycles. The molecule has 3 heterocycles. The van der Waals surface area contributed by atoms with Gasteiger partial charge in [0.05, 0.1) is 34.8 Å². The van der Waals surface area contributed by atoms with Gasteiger partial charge in [-0.15, -0.1) is 0 Å². The van der Waals surface area contributed by atoms with Crippen molar-refractivity contribution in [2.45, 2.75) is 65.6 Å². The van der Waals surface area contributed by atoms with Crippen LogP contribution in [0.25, 0.3) is 0 Å². The topological polar surface area (TPSA) is 141 Å². The number of nitrogens with zero attached hydrogens (tertiary/aromatic N) is 4. The molecule has 208 valence electrons. The highest BCUT2D eigenvalue weighted by molar-refractivity contribution is 6.30. The Morgan fingerprint density at radius 1 is 1.25 bits per heavy atom. The summed E-state index contributed by atoms with van der Waals surface area (Å²) in [6, 6.07) is 11.3. The summed E-state index contributed by atoms with van der Waals surface area (Å²) in [6.07, 6.45) is 2.64. The summed E-state index contributed by atoms with van der Waals surface area (Å²) < 4.78 is 5.64. The molecule has 1 aliphatic heterocycles. The largest absolute Gasteiger partial charge is 0.433 e. The van der Waals surface area contributed by atoms with E-state index in [2.05, 4.69) is 26.6 Å². The highest BCUT2D eigenvalue weighted by Crippen LogP contribution is 2.43. The lowest BCUT2D eigenvalue weighted by molar-refractivity contribution is -0.137. The first kappa shape index (κ1) is 28.8. The van der Waals surface area contributed by atoms with E-state index < -0.39 is 22.9 Å². The number of rotatable bonds is 7. The Bertz CT molecular complexity index is 1550. The van der Waals surface area contributed by atoms with Crippen molar-refractivity contribution < 1.29 is 14.3 Å². The third-order valence-corrected chi connectivity index (χ3v) is 7.34. The second-order valence-electron chi connectivity index (χ2n) is 10.6. The maximum absolute atomic E-state index is 13.8. The van der Waals surface area contributed by atoms with Gasteiger partial charge in [-0.05, 0) is 71.2 Å². The van der Waals surface area contributed by atoms with E-state index >= 15 is 0 Å². The quantitative estimate of drug-likeness (QED) is 0.427. The summed E-state index contributed by atoms with van der Waals surface area (Å²) in [5.41, 5.74) is 0.908. The van der Waals surface area contributed by atoms with Gasteiger partial charge < -0.3 is 15.0 Å². The summed E-state index contributed by atoms with van der Waals surface area (Å²) in [6.45, 7) is 8.67. The fourth-order valence-corrected chi connectivity index (χ4v) is 5.16. The minimum Gasteiger partial charge on any atom is -0.433 e. The van der Waals surface area contributed by atoms with Crippen molar-refractivity contribution in [2.24, 2.45) is 5.41 Å². The van der Waals surface area contributed by atoms with Gasteiger partial charge in [-0.3, -0.25) is 14.4 Å². The zero-order valence-corrected chi connectivity index (χ0v) is 23.7. The van der Waals surface area contributed by atoms with Crippen LogP contribution in [-0.4, -0.2) is 44.0 Å². The van der Waals surface area contributed by atoms with E-state index in [-0.39, 0.29) is 35.2 Å². The summed E-state index contributed by atoms with van der Waals surface area (Å²) in [5, 5.41) is 19.3. The summed E-state index contributed by atoms with van der Waals surface area (Å²) in [5.74, 6) is -0.578. The molecule has 1 aromatic carbocycles. The van der Waals surface area contributed by atoms with Crippen LogP contribution in [0.5, 0.6) is 11.6 Å². The Morgan fingerprint density at radius 3 is 2.67 bits per heavy atom. The zero-order valence-electron chi connectivity index (χ0n) is 23.0. The number of aromatic amines is 1. The predicted octanol–water partition coefficient (Wildman–Crippen LogP) is 4.63. The smallest absolute Gasteiger partial charge is 0.307 e. The second-order valence-corrected chi connectivity index (χ2v) is 11.0. The molecule has 4 rings (SSSR count). The Balaban J connectivity index is 1.53. The molecule has 0 unspecified atom stereocenters. The van der Waals surface area contributed by atoms with E-state index in [1.54, 1.807) is 37.8 Å². The van der Waals surface area contributed by atoms with Gasteiger partial charge in [-0.25, -0.2) is 10.1 Å². The third kappa shape index (κ3) is 6.00. The Hall–Kier alpha value is -4.23. The first-order valence-corrected chi connectivity index (χ1v) is 13.3. The van der Waals surface area contributed by atoms with Gasteiger partial charge in [0.1, 0.15) is 6.04 Å². The van der Waals surface area contributed by atoms with Crippen LogP contribution in [0.1, 0.15) is 66.8 Å². The van der Waals surface area contributed by atoms with Gasteiger partial charge in [0.2, 0.25) is 11.8 Å². The van der Waals surface area contributed by atoms with Crippen molar-refractivity contribution in [3.63, 3.8) is 0 Å². The monoisotopic (exact) mass is 562 g/mol. The molecule has 1 aliphatic rings. The average molecular weight is 563 g/mol. The number of amides is 2. The van der Waals surface area contributed by atoms with Gasteiger partial charge in [0.25, 0.3) is 5.91 Å². The maximum atomic E-state index is 13.8. The summed E-state index contributed by atoms with van der Waals surface area (Å²) in [4.78, 5) is 44.9. The van der Waals surface area contributed by atoms with Crippen LogP contribution in [-0.2, 0) is 4.79 Å². The van der Waals surface area contributed by atoms with Gasteiger partial charge in [-0.2, -0.15) is 10.4 Å². The minimum absolute atomic E-state index is 0.0363. The number of carbonyl (C=O) groups excluding carboxylic acids is 2. The molecule has 2 aromatic heterocycles. The molecule has 3 atom stereocenters. The minimum atomic E-state index is -0.876. The van der Waals surface area contributed by atoms with Crippen molar-refractivity contribution in [1.29, 1.82) is 5.26 Å². The number of benzene rings is 1. The van der Waals surface area contributed by atoms with E-state index in [0.717, 1.165) is 5.56 Å². The molecule has 0 saturated carbocycles. The fourth-order valence-electron chi connectivity index (χ4n) is 4.96. The number of carbonyl (C=O) groups is 2. The van der Waals surface area contributed by atoms with E-state index in [1.807, 2.05) is 32.0 Å². The molecule has 1 fully saturated rings. The Kier molecular flexibility index (Phi) is 8.26. The lowest BCUT2D eigenvalue weighted by atomic mass is 9.84. The van der Waals surface area contributed by atoms with Crippen LogP contribution in [0.3, 0.4) is 0 Å². The number of H-pyrrole nitrogens is 1. The lowest BCUT2D eigenvalue weighted by Gasteiger charge is -2.38. The normalized spacial score (nSPS) is 17.7. The molecular formula is C29H31ClN6O4. The van der Waals surface area contributed by atoms with Crippen LogP contribution in [0.15, 0.2) is 47.4 Å². The number of halogens is 1. The number of pyridine rings is 1. The maximum Gasteiger partial charge on any atom is 0.307 e. The van der Waals surface area contributed by atoms with Crippen LogP contribution in [0.4, 0.5) is 0 Å². The summed E-state index contributed by atoms with van der Waals surface area (Å²) >= 11 is 6.24. The van der Waals surface area contributed by atoms with Crippen molar-refractivity contribution in [3.05, 3.63) is 80.4 Å². The average Bonchev–Trinajstić information content (AvgIpc) is 3.37. The highest BCUT2D eigenvalue weighted by atomic mass is 35.5. The molecule has 2 amide bonds. The van der Waals surface area contributed by atoms with Crippen molar-refractivity contribution >= 4 is 23.4 Å². The standard InChI is InChI=1S/C29H31ClN6O4/c1-16-11-20(14-32-27(16)40-23-12-17(2)34-35-26(23)38)25(37)33-18(3)28(39)36-22(19-7-6-8-21(30)13-19)9-10-24(36)29(4,5)15-31/h6-8,11-14,18,22,24H,9-10H2,1-5H3,(H,33,37)(H,35,38)/t18-,22+,24-/m1/s1. The Labute approximate surface area is 237 Å². The number of aromatic nitrogens is 3. The molecule has 3 aromatic rings. The van der Waals surface area contributed by atoms with Gasteiger partial charge in [-0.1, -0.05) is 23.7 Å². The van der Waals surface area contributed by atoms with Crippen LogP contribution < -0.4 is 15.6 Å². The number of nitriles is 1. The fraction of sp³-hybridized carbons (Fsp3) is 0.379. The van der Waals surface area contributed by atoms with E-state index in [4.69, 9.17) is 16.3 Å². The number of nitrogens with one attached hydrogen (secondary N) is 2. The molecule has 0 radical (unpaired) electrons. The first-order valence-electron chi connectivity index (χ1n) is 12.9. The summed E-state index contributed by atoms with van der Waals surface area (Å²) in [7, 11) is 0. The van der Waals surface area contributed by atoms with Crippen molar-refractivity contribution in [3.8, 4) is 17.7 Å². The number of hydrogen-bond donors (Lipinski definition) is 2. The molecular weight excluding hydrogens is 532 g/mol. The van der Waals surface area contributed by atoms with Gasteiger partial charge in [0.15, 0.2) is 5.75 Å². The van der Waals surface area contributed by atoms with Crippen molar-refractivity contribution in [2.75, 3.05) is 0 Å². The number of likely N-dealkylation sites (tertiary alicyclic amines) is 1. The van der Waals surface area contributed by atoms with Crippen LogP contribution >= 0.6 is 11.6 Å². The number of ether oxygens (including phenoxy) is 1. The second kappa shape index (κ2) is 11.5. The molecule has 0 spiro atoms. The first-order chi connectivity index (χ1) is 18.9. The van der Waals surface area contributed by atoms with Crippen LogP contribution in [0.2, 0.25) is 5.02 Å². The molecule has 0 aliphatic carbocycles. The number of aryl methyl sites for hydroxylation is 2. The lowest BCUT2D eigenvalue weighted by Crippen LogP contribution is -2.52. The van der Waals surface area contributed by atoms with Gasteiger partial charge >= 0.3 is 5.56 Å². The third-order valence-electron chi connectivity index (χ3n) is 7.11.